The van der Waals surface area contributed by atoms with E-state index < -0.39 is 0 Å². The Kier molecular flexibility index (Phi) is 2.82. The van der Waals surface area contributed by atoms with Crippen molar-refractivity contribution in [3.05, 3.63) is 36.0 Å². The highest BCUT2D eigenvalue weighted by atomic mass is 15.2. The summed E-state index contributed by atoms with van der Waals surface area (Å²) in [5.74, 6) is 1.91. The molecule has 2 unspecified atom stereocenters. The monoisotopic (exact) mass is 241 g/mol. The lowest BCUT2D eigenvalue weighted by Crippen LogP contribution is -2.04. The third-order valence-electron chi connectivity index (χ3n) is 4.12. The molecule has 0 amide bonds. The van der Waals surface area contributed by atoms with Crippen molar-refractivity contribution in [1.82, 2.24) is 10.2 Å². The molecule has 1 fully saturated rings. The zero-order chi connectivity index (χ0) is 12.5. The Morgan fingerprint density at radius 3 is 2.67 bits per heavy atom. The van der Waals surface area contributed by atoms with E-state index >= 15 is 0 Å². The van der Waals surface area contributed by atoms with E-state index in [9.17, 15) is 0 Å². The number of hydrogen-bond acceptors (Lipinski definition) is 2. The molecule has 0 aliphatic heterocycles. The Hall–Kier alpha value is -1.77. The van der Waals surface area contributed by atoms with Crippen molar-refractivity contribution in [1.29, 1.82) is 0 Å². The highest BCUT2D eigenvalue weighted by molar-refractivity contribution is 5.76. The normalized spacial score (nSPS) is 23.4. The molecule has 0 bridgehead atoms. The predicted molar refractivity (Wildman–Crippen MR) is 74.2 cm³/mol. The number of aromatic amines is 1. The van der Waals surface area contributed by atoms with E-state index in [2.05, 4.69) is 29.3 Å². The van der Waals surface area contributed by atoms with Gasteiger partial charge in [0.25, 0.3) is 0 Å². The van der Waals surface area contributed by atoms with Crippen LogP contribution in [0.5, 0.6) is 0 Å². The van der Waals surface area contributed by atoms with E-state index in [1.165, 1.54) is 25.0 Å². The lowest BCUT2D eigenvalue weighted by molar-refractivity contribution is 0.522. The molecule has 1 saturated carbocycles. The number of hydrogen-bond donors (Lipinski definition) is 2. The van der Waals surface area contributed by atoms with Gasteiger partial charge in [-0.05, 0) is 17.9 Å². The summed E-state index contributed by atoms with van der Waals surface area (Å²) in [5, 5.41) is 7.39. The van der Waals surface area contributed by atoms with Gasteiger partial charge in [-0.1, -0.05) is 50.1 Å². The topological polar surface area (TPSA) is 54.7 Å². The van der Waals surface area contributed by atoms with Crippen LogP contribution in [0.3, 0.4) is 0 Å². The zero-order valence-corrected chi connectivity index (χ0v) is 10.7. The summed E-state index contributed by atoms with van der Waals surface area (Å²) in [7, 11) is 0. The summed E-state index contributed by atoms with van der Waals surface area (Å²) in [5.41, 5.74) is 9.54. The minimum atomic E-state index is 0.574. The third-order valence-corrected chi connectivity index (χ3v) is 4.12. The number of nitrogens with one attached hydrogen (secondary N) is 1. The first-order valence-corrected chi connectivity index (χ1v) is 6.66. The number of nitrogens with two attached hydrogens (primary N) is 1. The molecule has 1 heterocycles. The second-order valence-electron chi connectivity index (χ2n) is 5.28. The van der Waals surface area contributed by atoms with Gasteiger partial charge >= 0.3 is 0 Å². The van der Waals surface area contributed by atoms with Crippen LogP contribution >= 0.6 is 0 Å². The van der Waals surface area contributed by atoms with Crippen molar-refractivity contribution in [3.63, 3.8) is 0 Å². The smallest absolute Gasteiger partial charge is 0.153 e. The highest BCUT2D eigenvalue weighted by Crippen LogP contribution is 2.43. The summed E-state index contributed by atoms with van der Waals surface area (Å²) in [6.07, 6.45) is 3.85. The van der Waals surface area contributed by atoms with E-state index in [1.807, 2.05) is 18.2 Å². The molecule has 1 aliphatic carbocycles. The van der Waals surface area contributed by atoms with Crippen molar-refractivity contribution in [2.75, 3.05) is 5.73 Å². The fraction of sp³-hybridized carbons (Fsp3) is 0.400. The number of H-pyrrole nitrogens is 1. The van der Waals surface area contributed by atoms with Gasteiger partial charge in [-0.15, -0.1) is 0 Å². The number of benzene rings is 1. The van der Waals surface area contributed by atoms with Crippen LogP contribution in [0.4, 0.5) is 5.82 Å². The Labute approximate surface area is 107 Å². The minimum Gasteiger partial charge on any atom is -0.382 e. The second-order valence-corrected chi connectivity index (χ2v) is 5.28. The number of nitrogen functional groups attached to an aromatic ring is 1. The summed E-state index contributed by atoms with van der Waals surface area (Å²) >= 11 is 0. The molecule has 1 aromatic carbocycles. The van der Waals surface area contributed by atoms with Gasteiger partial charge < -0.3 is 5.73 Å². The van der Waals surface area contributed by atoms with Crippen LogP contribution < -0.4 is 5.73 Å². The van der Waals surface area contributed by atoms with Crippen LogP contribution in [0.25, 0.3) is 11.1 Å². The summed E-state index contributed by atoms with van der Waals surface area (Å²) in [6, 6.07) is 10.3. The SMILES string of the molecule is CC1CCCC1c1[nH]nc(N)c1-c1ccccc1. The highest BCUT2D eigenvalue weighted by Gasteiger charge is 2.29. The number of rotatable bonds is 2. The molecular weight excluding hydrogens is 222 g/mol. The minimum absolute atomic E-state index is 0.574. The quantitative estimate of drug-likeness (QED) is 0.844. The largest absolute Gasteiger partial charge is 0.382 e. The maximum absolute atomic E-state index is 6.04. The molecule has 3 heteroatoms. The van der Waals surface area contributed by atoms with E-state index in [0.29, 0.717) is 17.7 Å². The summed E-state index contributed by atoms with van der Waals surface area (Å²) in [4.78, 5) is 0. The molecule has 94 valence electrons. The van der Waals surface area contributed by atoms with E-state index in [-0.39, 0.29) is 0 Å². The van der Waals surface area contributed by atoms with Crippen molar-refractivity contribution in [2.45, 2.75) is 32.1 Å². The Morgan fingerprint density at radius 1 is 1.22 bits per heavy atom. The lowest BCUT2D eigenvalue weighted by Gasteiger charge is -2.15. The maximum atomic E-state index is 6.04. The molecule has 2 atom stereocenters. The fourth-order valence-corrected chi connectivity index (χ4v) is 3.12. The average Bonchev–Trinajstić information content (AvgIpc) is 2.96. The molecule has 18 heavy (non-hydrogen) atoms. The van der Waals surface area contributed by atoms with Crippen molar-refractivity contribution >= 4 is 5.82 Å². The predicted octanol–water partition coefficient (Wildman–Crippen LogP) is 3.56. The van der Waals surface area contributed by atoms with Gasteiger partial charge in [-0.3, -0.25) is 5.10 Å². The van der Waals surface area contributed by atoms with E-state index in [0.717, 1.165) is 11.1 Å². The molecule has 0 spiro atoms. The molecule has 0 saturated heterocycles. The Morgan fingerprint density at radius 2 is 2.00 bits per heavy atom. The maximum Gasteiger partial charge on any atom is 0.153 e. The average molecular weight is 241 g/mol. The summed E-state index contributed by atoms with van der Waals surface area (Å²) in [6.45, 7) is 2.32. The Balaban J connectivity index is 2.07. The first kappa shape index (κ1) is 11.3. The Bertz CT molecular complexity index is 530. The van der Waals surface area contributed by atoms with Gasteiger partial charge in [-0.2, -0.15) is 5.10 Å². The number of anilines is 1. The second kappa shape index (κ2) is 4.48. The van der Waals surface area contributed by atoms with Crippen LogP contribution in [0.1, 0.15) is 37.8 Å². The number of aromatic nitrogens is 2. The van der Waals surface area contributed by atoms with Gasteiger partial charge in [0.05, 0.1) is 0 Å². The van der Waals surface area contributed by atoms with Crippen molar-refractivity contribution in [2.24, 2.45) is 5.92 Å². The van der Waals surface area contributed by atoms with Crippen LogP contribution in [0, 0.1) is 5.92 Å². The van der Waals surface area contributed by atoms with Crippen molar-refractivity contribution < 1.29 is 0 Å². The molecular formula is C15H19N3. The van der Waals surface area contributed by atoms with Gasteiger partial charge in [-0.25, -0.2) is 0 Å². The van der Waals surface area contributed by atoms with Crippen LogP contribution in [0.15, 0.2) is 30.3 Å². The van der Waals surface area contributed by atoms with Gasteiger partial charge in [0.2, 0.25) is 0 Å². The lowest BCUT2D eigenvalue weighted by atomic mass is 9.90. The standard InChI is InChI=1S/C15H19N3/c1-10-6-5-9-12(10)14-13(15(16)18-17-14)11-7-3-2-4-8-11/h2-4,7-8,10,12H,5-6,9H2,1H3,(H3,16,17,18). The zero-order valence-electron chi connectivity index (χ0n) is 10.7. The van der Waals surface area contributed by atoms with Crippen LogP contribution in [-0.2, 0) is 0 Å². The van der Waals surface area contributed by atoms with Gasteiger partial charge in [0.15, 0.2) is 5.82 Å². The molecule has 1 aliphatic rings. The molecule has 0 radical (unpaired) electrons. The van der Waals surface area contributed by atoms with Gasteiger partial charge in [0, 0.05) is 17.2 Å². The number of nitrogens with zero attached hydrogens (tertiary/aromatic N) is 1. The summed E-state index contributed by atoms with van der Waals surface area (Å²) < 4.78 is 0. The molecule has 3 nitrogen and oxygen atoms in total. The van der Waals surface area contributed by atoms with Crippen LogP contribution in [0.2, 0.25) is 0 Å². The first-order valence-electron chi connectivity index (χ1n) is 6.66. The van der Waals surface area contributed by atoms with Gasteiger partial charge in [0.1, 0.15) is 0 Å². The van der Waals surface area contributed by atoms with Crippen LogP contribution in [-0.4, -0.2) is 10.2 Å². The third kappa shape index (κ3) is 1.80. The molecule has 2 aromatic rings. The molecule has 3 N–H and O–H groups in total. The van der Waals surface area contributed by atoms with E-state index in [4.69, 9.17) is 5.73 Å². The molecule has 1 aromatic heterocycles. The first-order chi connectivity index (χ1) is 8.77. The fourth-order valence-electron chi connectivity index (χ4n) is 3.12. The van der Waals surface area contributed by atoms with E-state index in [1.54, 1.807) is 0 Å². The molecule has 3 rings (SSSR count). The van der Waals surface area contributed by atoms with Crippen molar-refractivity contribution in [3.8, 4) is 11.1 Å².